The molecular formula is C13H12N4O2. The van der Waals surface area contributed by atoms with Gasteiger partial charge in [-0.05, 0) is 18.2 Å². The Morgan fingerprint density at radius 2 is 1.84 bits per heavy atom. The Balaban J connectivity index is 1.83. The van der Waals surface area contributed by atoms with Crippen molar-refractivity contribution in [1.29, 1.82) is 0 Å². The van der Waals surface area contributed by atoms with E-state index >= 15 is 0 Å². The molecule has 0 aliphatic heterocycles. The molecule has 2 heterocycles. The Hall–Kier alpha value is -2.63. The third-order valence-corrected chi connectivity index (χ3v) is 2.38. The lowest BCUT2D eigenvalue weighted by Gasteiger charge is -2.02. The van der Waals surface area contributed by atoms with Gasteiger partial charge in [0, 0.05) is 43.2 Å². The molecule has 0 aliphatic carbocycles. The lowest BCUT2D eigenvalue weighted by Crippen LogP contribution is -2.15. The Bertz CT molecular complexity index is 557. The Morgan fingerprint density at radius 3 is 2.53 bits per heavy atom. The van der Waals surface area contributed by atoms with Crippen LogP contribution in [0.5, 0.6) is 0 Å². The number of rotatable bonds is 5. The summed E-state index contributed by atoms with van der Waals surface area (Å²) in [5.74, 6) is -0.165. The quantitative estimate of drug-likeness (QED) is 0.819. The molecule has 6 nitrogen and oxygen atoms in total. The SMILES string of the molecule is O=C(CCC(=O)c1cccnc1)Nc1ncccn1. The number of hydrogen-bond acceptors (Lipinski definition) is 5. The van der Waals surface area contributed by atoms with Gasteiger partial charge in [-0.1, -0.05) is 0 Å². The second-order valence-electron chi connectivity index (χ2n) is 3.79. The van der Waals surface area contributed by atoms with Gasteiger partial charge >= 0.3 is 0 Å². The first-order chi connectivity index (χ1) is 9.25. The van der Waals surface area contributed by atoms with Crippen LogP contribution in [0.2, 0.25) is 0 Å². The summed E-state index contributed by atoms with van der Waals surface area (Å²) in [6.45, 7) is 0. The molecule has 0 spiro atoms. The highest BCUT2D eigenvalue weighted by Gasteiger charge is 2.10. The minimum Gasteiger partial charge on any atom is -0.295 e. The van der Waals surface area contributed by atoms with E-state index in [0.29, 0.717) is 5.56 Å². The van der Waals surface area contributed by atoms with E-state index in [1.54, 1.807) is 24.4 Å². The van der Waals surface area contributed by atoms with Crippen molar-refractivity contribution in [2.75, 3.05) is 5.32 Å². The molecule has 2 aromatic rings. The number of nitrogens with zero attached hydrogens (tertiary/aromatic N) is 3. The number of carbonyl (C=O) groups is 2. The van der Waals surface area contributed by atoms with Gasteiger partial charge in [0.05, 0.1) is 0 Å². The van der Waals surface area contributed by atoms with Crippen LogP contribution in [0.1, 0.15) is 23.2 Å². The van der Waals surface area contributed by atoms with Gasteiger partial charge in [0.25, 0.3) is 0 Å². The van der Waals surface area contributed by atoms with E-state index < -0.39 is 0 Å². The summed E-state index contributed by atoms with van der Waals surface area (Å²) in [5, 5.41) is 2.52. The lowest BCUT2D eigenvalue weighted by molar-refractivity contribution is -0.116. The van der Waals surface area contributed by atoms with Crippen molar-refractivity contribution in [2.45, 2.75) is 12.8 Å². The highest BCUT2D eigenvalue weighted by molar-refractivity contribution is 5.99. The van der Waals surface area contributed by atoms with Gasteiger partial charge in [0.1, 0.15) is 0 Å². The van der Waals surface area contributed by atoms with E-state index in [4.69, 9.17) is 0 Å². The summed E-state index contributed by atoms with van der Waals surface area (Å²) in [6, 6.07) is 5.01. The normalized spacial score (nSPS) is 9.89. The molecule has 0 bridgehead atoms. The van der Waals surface area contributed by atoms with Crippen LogP contribution in [0.4, 0.5) is 5.95 Å². The predicted molar refractivity (Wildman–Crippen MR) is 68.5 cm³/mol. The third kappa shape index (κ3) is 3.95. The number of aromatic nitrogens is 3. The standard InChI is InChI=1S/C13H12N4O2/c18-11(10-3-1-6-14-9-10)4-5-12(19)17-13-15-7-2-8-16-13/h1-3,6-9H,4-5H2,(H,15,16,17,19). The van der Waals surface area contributed by atoms with Crippen LogP contribution in [0, 0.1) is 0 Å². The minimum atomic E-state index is -0.288. The molecule has 0 aliphatic rings. The third-order valence-electron chi connectivity index (χ3n) is 2.38. The van der Waals surface area contributed by atoms with Crippen molar-refractivity contribution >= 4 is 17.6 Å². The number of amides is 1. The average molecular weight is 256 g/mol. The Labute approximate surface area is 109 Å². The second kappa shape index (κ2) is 6.34. The zero-order valence-corrected chi connectivity index (χ0v) is 10.1. The largest absolute Gasteiger partial charge is 0.295 e. The van der Waals surface area contributed by atoms with Gasteiger partial charge in [0.15, 0.2) is 5.78 Å². The fourth-order valence-electron chi connectivity index (χ4n) is 1.45. The van der Waals surface area contributed by atoms with Crippen molar-refractivity contribution in [2.24, 2.45) is 0 Å². The zero-order chi connectivity index (χ0) is 13.5. The minimum absolute atomic E-state index is 0.0893. The van der Waals surface area contributed by atoms with Gasteiger partial charge in [-0.25, -0.2) is 9.97 Å². The van der Waals surface area contributed by atoms with E-state index in [1.165, 1.54) is 18.6 Å². The van der Waals surface area contributed by atoms with Crippen molar-refractivity contribution in [3.8, 4) is 0 Å². The first kappa shape index (κ1) is 12.8. The number of carbonyl (C=O) groups excluding carboxylic acids is 2. The molecule has 0 aromatic carbocycles. The smallest absolute Gasteiger partial charge is 0.229 e. The molecule has 96 valence electrons. The summed E-state index contributed by atoms with van der Waals surface area (Å²) in [5.41, 5.74) is 0.506. The maximum atomic E-state index is 11.8. The van der Waals surface area contributed by atoms with Gasteiger partial charge in [-0.15, -0.1) is 0 Å². The van der Waals surface area contributed by atoms with E-state index in [-0.39, 0.29) is 30.5 Å². The highest BCUT2D eigenvalue weighted by atomic mass is 16.2. The van der Waals surface area contributed by atoms with E-state index in [0.717, 1.165) is 0 Å². The summed E-state index contributed by atoms with van der Waals surface area (Å²) in [6.07, 6.45) is 6.36. The summed E-state index contributed by atoms with van der Waals surface area (Å²) >= 11 is 0. The second-order valence-corrected chi connectivity index (χ2v) is 3.79. The van der Waals surface area contributed by atoms with E-state index in [2.05, 4.69) is 20.3 Å². The van der Waals surface area contributed by atoms with Crippen LogP contribution >= 0.6 is 0 Å². The topological polar surface area (TPSA) is 84.8 Å². The zero-order valence-electron chi connectivity index (χ0n) is 10.1. The summed E-state index contributed by atoms with van der Waals surface area (Å²) in [7, 11) is 0. The summed E-state index contributed by atoms with van der Waals surface area (Å²) in [4.78, 5) is 34.9. The molecule has 0 radical (unpaired) electrons. The molecule has 1 amide bonds. The molecular weight excluding hydrogens is 244 g/mol. The van der Waals surface area contributed by atoms with Gasteiger partial charge < -0.3 is 0 Å². The molecule has 0 atom stereocenters. The van der Waals surface area contributed by atoms with Crippen molar-refractivity contribution in [3.05, 3.63) is 48.5 Å². The molecule has 2 aromatic heterocycles. The Kier molecular flexibility index (Phi) is 4.28. The fraction of sp³-hybridized carbons (Fsp3) is 0.154. The number of ketones is 1. The monoisotopic (exact) mass is 256 g/mol. The molecule has 6 heteroatoms. The number of nitrogens with one attached hydrogen (secondary N) is 1. The average Bonchev–Trinajstić information content (AvgIpc) is 2.47. The maximum absolute atomic E-state index is 11.8. The van der Waals surface area contributed by atoms with Crippen LogP contribution in [0.15, 0.2) is 43.0 Å². The number of hydrogen-bond donors (Lipinski definition) is 1. The van der Waals surface area contributed by atoms with E-state index in [1.807, 2.05) is 0 Å². The van der Waals surface area contributed by atoms with E-state index in [9.17, 15) is 9.59 Å². The van der Waals surface area contributed by atoms with Crippen molar-refractivity contribution in [1.82, 2.24) is 15.0 Å². The number of Topliss-reactive ketones (excluding diaryl/α,β-unsaturated/α-hetero) is 1. The molecule has 19 heavy (non-hydrogen) atoms. The lowest BCUT2D eigenvalue weighted by atomic mass is 10.1. The molecule has 0 fully saturated rings. The maximum Gasteiger partial charge on any atom is 0.229 e. The summed E-state index contributed by atoms with van der Waals surface area (Å²) < 4.78 is 0. The fourth-order valence-corrected chi connectivity index (χ4v) is 1.45. The molecule has 0 saturated heterocycles. The Morgan fingerprint density at radius 1 is 1.05 bits per heavy atom. The van der Waals surface area contributed by atoms with Crippen LogP contribution in [0.25, 0.3) is 0 Å². The van der Waals surface area contributed by atoms with Crippen LogP contribution in [0.3, 0.4) is 0 Å². The van der Waals surface area contributed by atoms with Gasteiger partial charge in [-0.2, -0.15) is 0 Å². The predicted octanol–water partition coefficient (Wildman–Crippen LogP) is 1.47. The van der Waals surface area contributed by atoms with Gasteiger partial charge in [-0.3, -0.25) is 19.9 Å². The molecule has 0 saturated carbocycles. The number of pyridine rings is 1. The first-order valence-electron chi connectivity index (χ1n) is 5.76. The molecule has 0 unspecified atom stereocenters. The van der Waals surface area contributed by atoms with Crippen LogP contribution in [-0.4, -0.2) is 26.6 Å². The molecule has 2 rings (SSSR count). The number of anilines is 1. The van der Waals surface area contributed by atoms with Crippen molar-refractivity contribution in [3.63, 3.8) is 0 Å². The van der Waals surface area contributed by atoms with Crippen molar-refractivity contribution < 1.29 is 9.59 Å². The highest BCUT2D eigenvalue weighted by Crippen LogP contribution is 2.05. The van der Waals surface area contributed by atoms with Gasteiger partial charge in [0.2, 0.25) is 11.9 Å². The van der Waals surface area contributed by atoms with Crippen LogP contribution < -0.4 is 5.32 Å². The molecule has 1 N–H and O–H groups in total. The van der Waals surface area contributed by atoms with Crippen LogP contribution in [-0.2, 0) is 4.79 Å². The first-order valence-corrected chi connectivity index (χ1v) is 5.76.